The predicted octanol–water partition coefficient (Wildman–Crippen LogP) is 1.11. The normalized spacial score (nSPS) is 12.2. The molecule has 0 bridgehead atoms. The number of carbonyl (C=O) groups is 1. The Balaban J connectivity index is 2.44. The van der Waals surface area contributed by atoms with E-state index in [2.05, 4.69) is 5.32 Å². The molecule has 1 aromatic rings. The summed E-state index contributed by atoms with van der Waals surface area (Å²) in [6.07, 6.45) is -0.0683. The van der Waals surface area contributed by atoms with Crippen molar-refractivity contribution < 1.29 is 13.9 Å². The van der Waals surface area contributed by atoms with E-state index >= 15 is 0 Å². The van der Waals surface area contributed by atoms with Crippen LogP contribution in [0.3, 0.4) is 0 Å². The number of hydrogen-bond donors (Lipinski definition) is 2. The predicted molar refractivity (Wildman–Crippen MR) is 67.5 cm³/mol. The Kier molecular flexibility index (Phi) is 5.74. The van der Waals surface area contributed by atoms with Gasteiger partial charge in [0.2, 0.25) is 5.91 Å². The average molecular weight is 254 g/mol. The SMILES string of the molecule is COC(CN)CC(=O)NCc1ccc(C)c(F)c1. The van der Waals surface area contributed by atoms with Crippen molar-refractivity contribution in [1.29, 1.82) is 0 Å². The van der Waals surface area contributed by atoms with E-state index in [0.29, 0.717) is 18.7 Å². The van der Waals surface area contributed by atoms with Crippen LogP contribution >= 0.6 is 0 Å². The minimum Gasteiger partial charge on any atom is -0.380 e. The van der Waals surface area contributed by atoms with Gasteiger partial charge in [0.1, 0.15) is 5.82 Å². The van der Waals surface area contributed by atoms with E-state index < -0.39 is 0 Å². The number of amides is 1. The van der Waals surface area contributed by atoms with Gasteiger partial charge < -0.3 is 15.8 Å². The van der Waals surface area contributed by atoms with Gasteiger partial charge in [0.25, 0.3) is 0 Å². The molecule has 5 heteroatoms. The second kappa shape index (κ2) is 7.08. The summed E-state index contributed by atoms with van der Waals surface area (Å²) in [6, 6.07) is 4.90. The van der Waals surface area contributed by atoms with Crippen molar-refractivity contribution in [3.63, 3.8) is 0 Å². The monoisotopic (exact) mass is 254 g/mol. The molecule has 0 fully saturated rings. The highest BCUT2D eigenvalue weighted by atomic mass is 19.1. The number of ether oxygens (including phenoxy) is 1. The molecule has 1 unspecified atom stereocenters. The number of halogens is 1. The van der Waals surface area contributed by atoms with E-state index in [1.165, 1.54) is 13.2 Å². The van der Waals surface area contributed by atoms with E-state index in [1.807, 2.05) is 0 Å². The lowest BCUT2D eigenvalue weighted by atomic mass is 10.1. The van der Waals surface area contributed by atoms with E-state index in [4.69, 9.17) is 10.5 Å². The molecule has 0 saturated carbocycles. The van der Waals surface area contributed by atoms with Crippen LogP contribution in [-0.4, -0.2) is 25.7 Å². The number of hydrogen-bond acceptors (Lipinski definition) is 3. The maximum absolute atomic E-state index is 13.3. The van der Waals surface area contributed by atoms with Crippen molar-refractivity contribution in [2.75, 3.05) is 13.7 Å². The summed E-state index contributed by atoms with van der Waals surface area (Å²) in [7, 11) is 1.51. The van der Waals surface area contributed by atoms with Gasteiger partial charge in [-0.3, -0.25) is 4.79 Å². The molecule has 0 aliphatic rings. The first-order chi connectivity index (χ1) is 8.56. The number of carbonyl (C=O) groups excluding carboxylic acids is 1. The molecule has 0 aliphatic heterocycles. The van der Waals surface area contributed by atoms with Crippen molar-refractivity contribution >= 4 is 5.91 Å². The van der Waals surface area contributed by atoms with Crippen LogP contribution < -0.4 is 11.1 Å². The van der Waals surface area contributed by atoms with Crippen LogP contribution in [0, 0.1) is 12.7 Å². The zero-order valence-corrected chi connectivity index (χ0v) is 10.7. The van der Waals surface area contributed by atoms with Crippen LogP contribution in [-0.2, 0) is 16.1 Å². The van der Waals surface area contributed by atoms with Gasteiger partial charge in [-0.1, -0.05) is 12.1 Å². The lowest BCUT2D eigenvalue weighted by Crippen LogP contribution is -2.31. The smallest absolute Gasteiger partial charge is 0.222 e. The minimum absolute atomic E-state index is 0.159. The quantitative estimate of drug-likeness (QED) is 0.799. The highest BCUT2D eigenvalue weighted by Crippen LogP contribution is 2.09. The molecular formula is C13H19FN2O2. The van der Waals surface area contributed by atoms with Crippen molar-refractivity contribution in [1.82, 2.24) is 5.32 Å². The largest absolute Gasteiger partial charge is 0.380 e. The molecule has 1 atom stereocenters. The van der Waals surface area contributed by atoms with Crippen molar-refractivity contribution in [2.45, 2.75) is 26.0 Å². The third kappa shape index (κ3) is 4.43. The highest BCUT2D eigenvalue weighted by Gasteiger charge is 2.11. The number of rotatable bonds is 6. The number of nitrogens with one attached hydrogen (secondary N) is 1. The van der Waals surface area contributed by atoms with Gasteiger partial charge >= 0.3 is 0 Å². The lowest BCUT2D eigenvalue weighted by Gasteiger charge is -2.12. The fraction of sp³-hybridized carbons (Fsp3) is 0.462. The molecule has 1 rings (SSSR count). The maximum atomic E-state index is 13.3. The van der Waals surface area contributed by atoms with Gasteiger partial charge in [0, 0.05) is 20.2 Å². The Hall–Kier alpha value is -1.46. The molecule has 1 amide bonds. The Morgan fingerprint density at radius 2 is 2.28 bits per heavy atom. The zero-order valence-electron chi connectivity index (χ0n) is 10.7. The summed E-state index contributed by atoms with van der Waals surface area (Å²) in [6.45, 7) is 2.29. The summed E-state index contributed by atoms with van der Waals surface area (Å²) in [5.41, 5.74) is 6.74. The van der Waals surface area contributed by atoms with Crippen LogP contribution in [0.2, 0.25) is 0 Å². The van der Waals surface area contributed by atoms with Crippen LogP contribution in [0.5, 0.6) is 0 Å². The number of aryl methyl sites for hydroxylation is 1. The fourth-order valence-corrected chi connectivity index (χ4v) is 1.49. The van der Waals surface area contributed by atoms with Crippen molar-refractivity contribution in [3.05, 3.63) is 35.1 Å². The van der Waals surface area contributed by atoms with Crippen LogP contribution in [0.4, 0.5) is 4.39 Å². The average Bonchev–Trinajstić information content (AvgIpc) is 2.37. The van der Waals surface area contributed by atoms with Gasteiger partial charge in [-0.05, 0) is 24.1 Å². The number of benzene rings is 1. The minimum atomic E-state index is -0.278. The molecule has 0 aliphatic carbocycles. The van der Waals surface area contributed by atoms with E-state index in [-0.39, 0.29) is 24.2 Å². The second-order valence-corrected chi connectivity index (χ2v) is 4.16. The molecule has 18 heavy (non-hydrogen) atoms. The van der Waals surface area contributed by atoms with Gasteiger partial charge in [0.05, 0.1) is 12.5 Å². The molecule has 100 valence electrons. The van der Waals surface area contributed by atoms with Gasteiger partial charge in [-0.2, -0.15) is 0 Å². The molecular weight excluding hydrogens is 235 g/mol. The first-order valence-electron chi connectivity index (χ1n) is 5.81. The van der Waals surface area contributed by atoms with Crippen LogP contribution in [0.1, 0.15) is 17.5 Å². The van der Waals surface area contributed by atoms with Gasteiger partial charge in [0.15, 0.2) is 0 Å². The molecule has 0 radical (unpaired) electrons. The van der Waals surface area contributed by atoms with Crippen LogP contribution in [0.25, 0.3) is 0 Å². The topological polar surface area (TPSA) is 64.3 Å². The molecule has 0 heterocycles. The Morgan fingerprint density at radius 3 is 2.83 bits per heavy atom. The zero-order chi connectivity index (χ0) is 13.5. The third-order valence-corrected chi connectivity index (χ3v) is 2.74. The first kappa shape index (κ1) is 14.6. The summed E-state index contributed by atoms with van der Waals surface area (Å²) in [5.74, 6) is -0.424. The first-order valence-corrected chi connectivity index (χ1v) is 5.81. The maximum Gasteiger partial charge on any atom is 0.222 e. The van der Waals surface area contributed by atoms with E-state index in [9.17, 15) is 9.18 Å². The summed E-state index contributed by atoms with van der Waals surface area (Å²) >= 11 is 0. The molecule has 0 spiro atoms. The second-order valence-electron chi connectivity index (χ2n) is 4.16. The van der Waals surface area contributed by atoms with Crippen molar-refractivity contribution in [3.8, 4) is 0 Å². The molecule has 0 saturated heterocycles. The Morgan fingerprint density at radius 1 is 1.56 bits per heavy atom. The third-order valence-electron chi connectivity index (χ3n) is 2.74. The van der Waals surface area contributed by atoms with E-state index in [1.54, 1.807) is 19.1 Å². The fourth-order valence-electron chi connectivity index (χ4n) is 1.49. The molecule has 4 nitrogen and oxygen atoms in total. The Bertz CT molecular complexity index is 406. The summed E-state index contributed by atoms with van der Waals surface area (Å²) < 4.78 is 18.3. The lowest BCUT2D eigenvalue weighted by molar-refractivity contribution is -0.123. The van der Waals surface area contributed by atoms with E-state index in [0.717, 1.165) is 5.56 Å². The molecule has 1 aromatic carbocycles. The van der Waals surface area contributed by atoms with Crippen molar-refractivity contribution in [2.24, 2.45) is 5.73 Å². The number of nitrogens with two attached hydrogens (primary N) is 1. The standard InChI is InChI=1S/C13H19FN2O2/c1-9-3-4-10(5-12(9)14)8-16-13(17)6-11(7-15)18-2/h3-5,11H,6-8,15H2,1-2H3,(H,16,17). The van der Waals surface area contributed by atoms with Gasteiger partial charge in [-0.25, -0.2) is 4.39 Å². The molecule has 0 aromatic heterocycles. The highest BCUT2D eigenvalue weighted by molar-refractivity contribution is 5.76. The Labute approximate surface area is 106 Å². The summed E-state index contributed by atoms with van der Waals surface area (Å²) in [5, 5.41) is 2.70. The van der Waals surface area contributed by atoms with Crippen LogP contribution in [0.15, 0.2) is 18.2 Å². The summed E-state index contributed by atoms with van der Waals surface area (Å²) in [4.78, 5) is 11.6. The molecule has 3 N–H and O–H groups in total. The van der Waals surface area contributed by atoms with Gasteiger partial charge in [-0.15, -0.1) is 0 Å². The number of methoxy groups -OCH3 is 1.